The number of carbonyl (C=O) groups excluding carboxylic acids is 17. The van der Waals surface area contributed by atoms with Gasteiger partial charge in [-0.05, 0) is 92.7 Å². The lowest BCUT2D eigenvalue weighted by Gasteiger charge is -2.35. The summed E-state index contributed by atoms with van der Waals surface area (Å²) in [6.07, 6.45) is 2.87. The van der Waals surface area contributed by atoms with Gasteiger partial charge in [0.25, 0.3) is 0 Å². The van der Waals surface area contributed by atoms with Crippen molar-refractivity contribution >= 4 is 139 Å². The predicted molar refractivity (Wildman–Crippen MR) is 497 cm³/mol. The molecular formula is C94H124N20O19S. The van der Waals surface area contributed by atoms with E-state index in [9.17, 15) is 62.6 Å². The lowest BCUT2D eigenvalue weighted by molar-refractivity contribution is -0.151. The van der Waals surface area contributed by atoms with Gasteiger partial charge in [0, 0.05) is 156 Å². The summed E-state index contributed by atoms with van der Waals surface area (Å²) in [5, 5.41) is 38.9. The number of aliphatic hydroxyl groups excluding tert-OH is 1. The Labute approximate surface area is 780 Å². The minimum absolute atomic E-state index is 0.0222. The Morgan fingerprint density at radius 2 is 1.13 bits per heavy atom. The number of nitrogens with one attached hydrogen (secondary N) is 11. The minimum Gasteiger partial charge on any atom is -0.396 e. The highest BCUT2D eigenvalue weighted by molar-refractivity contribution is 8.00. The standard InChI is InChI=1S/C94H124N20O19S/c1-54(2)33-61-40-78(117)60(35-65-45-99-53-104-65)39-80(119)75-30-20-32-114(75)92(131)73(42-81(95)120)107-85(124)56(4)112(7)90(129)71(34-57-21-11-9-12-22-57)106-84(123)52-134-51-74(88(127)103-46-82(96)121)109-86(125)59(25-19-31-100-94(97)98)38-77(116)55(3)111(6)93(132)76(50-133-49-58-23-13-10-14-24-58)113(8)91(130)72(37-63-44-102-69-29-18-16-27-67(63)69)108-87(126)64(48-115)41-79(118)70(105-83(122)47-110(5)89(61)128)36-62-43-101-68-28-17-15-26-66(62)68/h9-18,21-24,26-29,43-45,53-56,59-61,64,70-76,101-102,115H,19-20,25,30-42,46-52H2,1-8H3,(H2,95,120)(H2,96,121)(H,99,104)(H,103,127)(H,105,122)(H,106,123)(H,107,124)(H,108,126)(H,109,125)(H4,97,98,100)/t55-,56-,59+,60+,61+,64-,70-,71-,72-,73-,74-,75-,76-/m0/s1. The predicted octanol–water partition coefficient (Wildman–Crippen LogP) is 1.08. The maximum absolute atomic E-state index is 15.8. The van der Waals surface area contributed by atoms with Crippen LogP contribution in [0.1, 0.15) is 120 Å². The van der Waals surface area contributed by atoms with E-state index in [1.54, 1.807) is 122 Å². The topological polar surface area (TPSA) is 582 Å². The van der Waals surface area contributed by atoms with E-state index >= 15 is 24.0 Å². The lowest BCUT2D eigenvalue weighted by atomic mass is 9.83. The number of thioether (sulfide) groups is 1. The number of likely N-dealkylation sites (N-methyl/N-ethyl adjacent to an activating group) is 4. The van der Waals surface area contributed by atoms with E-state index < -0.39 is 254 Å². The zero-order valence-corrected chi connectivity index (χ0v) is 77.5. The van der Waals surface area contributed by atoms with Gasteiger partial charge >= 0.3 is 0 Å². The van der Waals surface area contributed by atoms with Crippen LogP contribution in [0.25, 0.3) is 21.8 Å². The molecule has 0 saturated carbocycles. The number of guanidine groups is 1. The molecule has 18 N–H and O–H groups in total. The first-order valence-corrected chi connectivity index (χ1v) is 45.8. The van der Waals surface area contributed by atoms with Gasteiger partial charge in [0.1, 0.15) is 42.0 Å². The van der Waals surface area contributed by atoms with Crippen LogP contribution in [0.15, 0.2) is 134 Å². The minimum atomic E-state index is -1.70. The van der Waals surface area contributed by atoms with E-state index in [2.05, 4.69) is 57.2 Å². The summed E-state index contributed by atoms with van der Waals surface area (Å²) in [4.78, 5) is 268. The van der Waals surface area contributed by atoms with Gasteiger partial charge in [0.15, 0.2) is 23.3 Å². The van der Waals surface area contributed by atoms with Crippen molar-refractivity contribution in [3.63, 3.8) is 0 Å². The van der Waals surface area contributed by atoms with Gasteiger partial charge in [-0.25, -0.2) is 4.98 Å². The number of imidazole rings is 1. The van der Waals surface area contributed by atoms with E-state index in [0.717, 1.165) is 31.4 Å². The van der Waals surface area contributed by atoms with Crippen molar-refractivity contribution in [1.29, 1.82) is 5.41 Å². The van der Waals surface area contributed by atoms with Crippen molar-refractivity contribution in [3.05, 3.63) is 162 Å². The molecule has 134 heavy (non-hydrogen) atoms. The van der Waals surface area contributed by atoms with Crippen LogP contribution in [-0.2, 0) is 119 Å². The number of nitrogens with zero attached hydrogens (tertiary/aromatic N) is 6. The number of amides is 13. The number of hydrogen-bond acceptors (Lipinski definition) is 22. The molecule has 0 radical (unpaired) electrons. The maximum atomic E-state index is 15.8. The molecule has 40 heteroatoms. The van der Waals surface area contributed by atoms with Crippen molar-refractivity contribution in [3.8, 4) is 0 Å². The summed E-state index contributed by atoms with van der Waals surface area (Å²) in [5.74, 6) is -20.8. The van der Waals surface area contributed by atoms with Crippen LogP contribution in [0.3, 0.4) is 0 Å². The Balaban J connectivity index is 1.08. The number of benzene rings is 4. The van der Waals surface area contributed by atoms with Crippen molar-refractivity contribution < 1.29 is 91.4 Å². The normalized spacial score (nSPS) is 23.5. The fourth-order valence-electron chi connectivity index (χ4n) is 16.6. The summed E-state index contributed by atoms with van der Waals surface area (Å²) in [5.41, 5.74) is 20.9. The number of rotatable bonds is 24. The number of aliphatic hydroxyl groups is 1. The second kappa shape index (κ2) is 50.4. The first-order valence-electron chi connectivity index (χ1n) is 44.7. The van der Waals surface area contributed by atoms with Crippen molar-refractivity contribution in [2.75, 3.05) is 79.1 Å². The highest BCUT2D eigenvalue weighted by Gasteiger charge is 2.44. The zero-order valence-electron chi connectivity index (χ0n) is 76.7. The number of aromatic amines is 3. The average Bonchev–Trinajstić information content (AvgIpc) is 1.63. The highest BCUT2D eigenvalue weighted by atomic mass is 32.2. The van der Waals surface area contributed by atoms with Gasteiger partial charge < -0.3 is 104 Å². The molecule has 2 aliphatic heterocycles. The van der Waals surface area contributed by atoms with Gasteiger partial charge in [0.2, 0.25) is 76.8 Å². The largest absolute Gasteiger partial charge is 0.396 e. The molecular weight excluding hydrogens is 1750 g/mol. The Morgan fingerprint density at radius 1 is 0.567 bits per heavy atom. The van der Waals surface area contributed by atoms with Crippen LogP contribution < -0.4 is 54.4 Å². The van der Waals surface area contributed by atoms with Gasteiger partial charge in [-0.2, -0.15) is 0 Å². The maximum Gasteiger partial charge on any atom is 0.248 e. The molecule has 0 aliphatic carbocycles. The van der Waals surface area contributed by atoms with E-state index in [1.165, 1.54) is 59.5 Å². The molecule has 2 fully saturated rings. The van der Waals surface area contributed by atoms with Crippen molar-refractivity contribution in [2.45, 2.75) is 179 Å². The van der Waals surface area contributed by atoms with E-state index in [0.29, 0.717) is 49.8 Å². The summed E-state index contributed by atoms with van der Waals surface area (Å²) in [6.45, 7) is 3.39. The average molecular weight is 1870 g/mol. The number of ether oxygens (including phenoxy) is 1. The number of nitrogens with two attached hydrogens (primary N) is 3. The molecule has 0 unspecified atom stereocenters. The van der Waals surface area contributed by atoms with E-state index in [1.807, 2.05) is 13.8 Å². The van der Waals surface area contributed by atoms with Gasteiger partial charge in [-0.1, -0.05) is 111 Å². The third-order valence-corrected chi connectivity index (χ3v) is 25.3. The SMILES string of the molecule is CC(C)C[C@@H]1CC(=O)[C@H](Cc2cnc[nH]2)CC(=O)[C@@H]2CCCN2C(=O)[C@H](CC(N)=O)NC(=O)[C@H](C)N(C)C(=O)[C@H](Cc2ccccc2)NC(=O)CSC[C@@H](C(=O)NCC(N)=O)NC(=O)[C@H](CCCNC(=N)N)CC(=O)[C@H](C)N(C)C(=O)[C@H](COCc2ccccc2)N(C)C(=O)[C@H](Cc2c[nH]c3ccccc23)NC(=O)[C@H](CO)CC(=O)[C@H](Cc2c[nH]c3ccccc23)NC(=O)CN(C)C1=O. The fraction of sp³-hybridized carbons (Fsp3) is 0.479. The third kappa shape index (κ3) is 30.0. The zero-order chi connectivity index (χ0) is 97.6. The Morgan fingerprint density at radius 3 is 1.75 bits per heavy atom. The number of Topliss-reactive ketones (excluding diaryl/α,β-unsaturated/α-hetero) is 4. The van der Waals surface area contributed by atoms with E-state index in [-0.39, 0.29) is 83.4 Å². The number of fused-ring (bicyclic) bond motifs is 3. The number of ketones is 4. The molecule has 39 nitrogen and oxygen atoms in total. The van der Waals surface area contributed by atoms with Crippen molar-refractivity contribution in [2.24, 2.45) is 46.8 Å². The monoisotopic (exact) mass is 1870 g/mol. The van der Waals surface area contributed by atoms with Crippen LogP contribution in [0.2, 0.25) is 0 Å². The molecule has 9 rings (SSSR count). The molecule has 0 bridgehead atoms. The number of para-hydroxylation sites is 2. The molecule has 13 amide bonds. The number of hydrogen-bond donors (Lipinski definition) is 15. The van der Waals surface area contributed by atoms with Gasteiger partial charge in [-0.3, -0.25) is 86.9 Å². The molecule has 4 aromatic carbocycles. The van der Waals surface area contributed by atoms with Crippen LogP contribution >= 0.6 is 11.8 Å². The molecule has 7 aromatic rings. The van der Waals surface area contributed by atoms with Crippen LogP contribution in [-0.4, -0.2) is 289 Å². The second-order valence-electron chi connectivity index (χ2n) is 34.8. The third-order valence-electron chi connectivity index (χ3n) is 24.3. The lowest BCUT2D eigenvalue weighted by Crippen LogP contribution is -2.58. The molecule has 2 aliphatic rings. The number of primary amides is 2. The number of H-pyrrole nitrogens is 3. The molecule has 13 atom stereocenters. The second-order valence-corrected chi connectivity index (χ2v) is 35.8. The summed E-state index contributed by atoms with van der Waals surface area (Å²) in [7, 11) is 5.20. The van der Waals surface area contributed by atoms with Crippen molar-refractivity contribution in [1.82, 2.24) is 81.7 Å². The molecule has 3 aromatic heterocycles. The summed E-state index contributed by atoms with van der Waals surface area (Å²) < 4.78 is 6.23. The molecule has 0 spiro atoms. The fourth-order valence-corrected chi connectivity index (χ4v) is 17.5. The number of carbonyl (C=O) groups is 17. The van der Waals surface area contributed by atoms with E-state index in [4.69, 9.17) is 27.3 Å². The first-order chi connectivity index (χ1) is 63.9. The van der Waals surface area contributed by atoms with Gasteiger partial charge in [-0.15, -0.1) is 11.8 Å². The van der Waals surface area contributed by atoms with Crippen LogP contribution in [0.4, 0.5) is 0 Å². The summed E-state index contributed by atoms with van der Waals surface area (Å²) >= 11 is 0.804. The van der Waals surface area contributed by atoms with Gasteiger partial charge in [0.05, 0.1) is 75.5 Å². The molecule has 5 heterocycles. The Hall–Kier alpha value is -13.5. The highest BCUT2D eigenvalue weighted by Crippen LogP contribution is 2.30. The summed E-state index contributed by atoms with van der Waals surface area (Å²) in [6, 6.07) is 18.2. The molecule has 2 saturated heterocycles. The molecule has 720 valence electrons. The first kappa shape index (κ1) is 104. The number of aromatic nitrogens is 4. The van der Waals surface area contributed by atoms with Crippen LogP contribution in [0.5, 0.6) is 0 Å². The Kier molecular flexibility index (Phi) is 39.2. The Bertz CT molecular complexity index is 5320. The van der Waals surface area contributed by atoms with Crippen LogP contribution in [0, 0.1) is 35.0 Å². The smallest absolute Gasteiger partial charge is 0.248 e. The quantitative estimate of drug-likeness (QED) is 0.0229.